The molecule has 0 radical (unpaired) electrons. The van der Waals surface area contributed by atoms with E-state index in [1.807, 2.05) is 32.9 Å². The van der Waals surface area contributed by atoms with Crippen LogP contribution in [-0.2, 0) is 0 Å². The van der Waals surface area contributed by atoms with Gasteiger partial charge in [0.2, 0.25) is 5.76 Å². The normalized spacial score (nSPS) is 10.3. The maximum atomic E-state index is 12.0. The second kappa shape index (κ2) is 5.16. The third-order valence-corrected chi connectivity index (χ3v) is 2.87. The predicted molar refractivity (Wildman–Crippen MR) is 72.1 cm³/mol. The fourth-order valence-corrected chi connectivity index (χ4v) is 2.04. The molecule has 0 spiro atoms. The molecule has 0 atom stereocenters. The van der Waals surface area contributed by atoms with Crippen LogP contribution in [-0.4, -0.2) is 22.1 Å². The highest BCUT2D eigenvalue weighted by Gasteiger charge is 2.17. The van der Waals surface area contributed by atoms with Gasteiger partial charge in [-0.05, 0) is 31.9 Å². The molecular weight excluding hydrogens is 260 g/mol. The van der Waals surface area contributed by atoms with Crippen molar-refractivity contribution in [1.29, 1.82) is 0 Å². The van der Waals surface area contributed by atoms with E-state index in [1.54, 1.807) is 0 Å². The number of hydrogen-bond donors (Lipinski definition) is 2. The predicted octanol–water partition coefficient (Wildman–Crippen LogP) is 2.55. The first-order valence-corrected chi connectivity index (χ1v) is 5.97. The third kappa shape index (κ3) is 2.69. The second-order valence-corrected chi connectivity index (χ2v) is 4.61. The van der Waals surface area contributed by atoms with Crippen molar-refractivity contribution in [2.75, 3.05) is 5.32 Å². The van der Waals surface area contributed by atoms with Crippen LogP contribution >= 0.6 is 0 Å². The van der Waals surface area contributed by atoms with Crippen molar-refractivity contribution in [2.45, 2.75) is 20.8 Å². The minimum absolute atomic E-state index is 0.0678. The summed E-state index contributed by atoms with van der Waals surface area (Å²) in [4.78, 5) is 22.7. The fourth-order valence-electron chi connectivity index (χ4n) is 2.04. The molecule has 6 heteroatoms. The lowest BCUT2D eigenvalue weighted by atomic mass is 10.1. The van der Waals surface area contributed by atoms with Crippen molar-refractivity contribution in [1.82, 2.24) is 5.16 Å². The van der Waals surface area contributed by atoms with Crippen LogP contribution in [0.15, 0.2) is 22.7 Å². The monoisotopic (exact) mass is 274 g/mol. The molecule has 1 heterocycles. The standard InChI is InChI=1S/C14H14N2O4/c1-7-4-8(2)12(9(3)5-7)15-13(17)10-6-11(14(18)19)20-16-10/h4-6H,1-3H3,(H,15,17)(H,18,19). The van der Waals surface area contributed by atoms with Crippen LogP contribution in [0, 0.1) is 20.8 Å². The van der Waals surface area contributed by atoms with Gasteiger partial charge in [-0.15, -0.1) is 0 Å². The number of benzene rings is 1. The van der Waals surface area contributed by atoms with Gasteiger partial charge in [0.05, 0.1) is 0 Å². The highest BCUT2D eigenvalue weighted by molar-refractivity contribution is 6.04. The highest BCUT2D eigenvalue weighted by atomic mass is 16.5. The van der Waals surface area contributed by atoms with Crippen molar-refractivity contribution >= 4 is 17.6 Å². The number of carbonyl (C=O) groups excluding carboxylic acids is 1. The van der Waals surface area contributed by atoms with Crippen LogP contribution in [0.1, 0.15) is 37.7 Å². The number of rotatable bonds is 3. The molecule has 104 valence electrons. The van der Waals surface area contributed by atoms with Gasteiger partial charge >= 0.3 is 5.97 Å². The van der Waals surface area contributed by atoms with E-state index in [0.717, 1.165) is 22.8 Å². The number of nitrogens with one attached hydrogen (secondary N) is 1. The van der Waals surface area contributed by atoms with Crippen LogP contribution in [0.3, 0.4) is 0 Å². The zero-order valence-electron chi connectivity index (χ0n) is 11.4. The summed E-state index contributed by atoms with van der Waals surface area (Å²) in [6.45, 7) is 5.75. The van der Waals surface area contributed by atoms with E-state index in [0.29, 0.717) is 5.69 Å². The first kappa shape index (κ1) is 13.8. The molecule has 0 bridgehead atoms. The van der Waals surface area contributed by atoms with Gasteiger partial charge in [-0.2, -0.15) is 0 Å². The van der Waals surface area contributed by atoms with Gasteiger partial charge in [0, 0.05) is 11.8 Å². The molecule has 0 aliphatic heterocycles. The molecule has 2 rings (SSSR count). The number of aromatic nitrogens is 1. The van der Waals surface area contributed by atoms with Crippen molar-refractivity contribution in [3.8, 4) is 0 Å². The van der Waals surface area contributed by atoms with Gasteiger partial charge in [0.1, 0.15) is 0 Å². The molecule has 0 saturated carbocycles. The van der Waals surface area contributed by atoms with E-state index in [4.69, 9.17) is 5.11 Å². The first-order chi connectivity index (χ1) is 9.38. The van der Waals surface area contributed by atoms with E-state index in [-0.39, 0.29) is 11.5 Å². The molecule has 1 aromatic heterocycles. The number of amides is 1. The van der Waals surface area contributed by atoms with Gasteiger partial charge in [-0.25, -0.2) is 4.79 Å². The number of aryl methyl sites for hydroxylation is 3. The summed E-state index contributed by atoms with van der Waals surface area (Å²) in [5.74, 6) is -2.14. The smallest absolute Gasteiger partial charge is 0.374 e. The van der Waals surface area contributed by atoms with Crippen LogP contribution in [0.25, 0.3) is 0 Å². The number of carboxylic acid groups (broad SMARTS) is 1. The van der Waals surface area contributed by atoms with Crippen LogP contribution in [0.2, 0.25) is 0 Å². The minimum Gasteiger partial charge on any atom is -0.475 e. The summed E-state index contributed by atoms with van der Waals surface area (Å²) in [7, 11) is 0. The lowest BCUT2D eigenvalue weighted by molar-refractivity contribution is 0.0651. The molecule has 2 N–H and O–H groups in total. The van der Waals surface area contributed by atoms with Crippen LogP contribution in [0.4, 0.5) is 5.69 Å². The lowest BCUT2D eigenvalue weighted by Gasteiger charge is -2.11. The van der Waals surface area contributed by atoms with Gasteiger partial charge < -0.3 is 14.9 Å². The van der Waals surface area contributed by atoms with Gasteiger partial charge in [-0.3, -0.25) is 4.79 Å². The topological polar surface area (TPSA) is 92.4 Å². The number of hydrogen-bond acceptors (Lipinski definition) is 4. The average Bonchev–Trinajstić information content (AvgIpc) is 2.83. The molecular formula is C14H14N2O4. The van der Waals surface area contributed by atoms with Crippen LogP contribution < -0.4 is 5.32 Å². The average molecular weight is 274 g/mol. The summed E-state index contributed by atoms with van der Waals surface area (Å²) in [5.41, 5.74) is 3.59. The van der Waals surface area contributed by atoms with Crippen molar-refractivity contribution in [3.63, 3.8) is 0 Å². The van der Waals surface area contributed by atoms with Gasteiger partial charge in [-0.1, -0.05) is 22.9 Å². The second-order valence-electron chi connectivity index (χ2n) is 4.61. The summed E-state index contributed by atoms with van der Waals surface area (Å²) < 4.78 is 4.55. The number of anilines is 1. The Morgan fingerprint density at radius 2 is 1.75 bits per heavy atom. The Balaban J connectivity index is 2.25. The van der Waals surface area contributed by atoms with Crippen molar-refractivity contribution < 1.29 is 19.2 Å². The Bertz CT molecular complexity index is 665. The third-order valence-electron chi connectivity index (χ3n) is 2.87. The number of carboxylic acids is 1. The molecule has 0 aliphatic carbocycles. The zero-order valence-corrected chi connectivity index (χ0v) is 11.4. The largest absolute Gasteiger partial charge is 0.475 e. The quantitative estimate of drug-likeness (QED) is 0.897. The van der Waals surface area contributed by atoms with Crippen molar-refractivity contribution in [3.05, 3.63) is 46.3 Å². The van der Waals surface area contributed by atoms with Crippen LogP contribution in [0.5, 0.6) is 0 Å². The summed E-state index contributed by atoms with van der Waals surface area (Å²) >= 11 is 0. The lowest BCUT2D eigenvalue weighted by Crippen LogP contribution is -2.14. The van der Waals surface area contributed by atoms with E-state index in [2.05, 4.69) is 15.0 Å². The fraction of sp³-hybridized carbons (Fsp3) is 0.214. The molecule has 0 saturated heterocycles. The van der Waals surface area contributed by atoms with E-state index >= 15 is 0 Å². The zero-order chi connectivity index (χ0) is 14.9. The Morgan fingerprint density at radius 1 is 1.15 bits per heavy atom. The number of aromatic carboxylic acids is 1. The van der Waals surface area contributed by atoms with E-state index in [1.165, 1.54) is 0 Å². The van der Waals surface area contributed by atoms with Crippen molar-refractivity contribution in [2.24, 2.45) is 0 Å². The van der Waals surface area contributed by atoms with Gasteiger partial charge in [0.15, 0.2) is 5.69 Å². The Hall–Kier alpha value is -2.63. The Morgan fingerprint density at radius 3 is 2.25 bits per heavy atom. The highest BCUT2D eigenvalue weighted by Crippen LogP contribution is 2.22. The summed E-state index contributed by atoms with van der Waals surface area (Å²) in [6, 6.07) is 5.00. The van der Waals surface area contributed by atoms with Gasteiger partial charge in [0.25, 0.3) is 5.91 Å². The Labute approximate surface area is 115 Å². The molecule has 0 fully saturated rings. The number of carbonyl (C=O) groups is 2. The molecule has 2 aromatic rings. The first-order valence-electron chi connectivity index (χ1n) is 5.97. The summed E-state index contributed by atoms with van der Waals surface area (Å²) in [5, 5.41) is 14.9. The molecule has 0 aliphatic rings. The summed E-state index contributed by atoms with van der Waals surface area (Å²) in [6.07, 6.45) is 0. The number of nitrogens with zero attached hydrogens (tertiary/aromatic N) is 1. The molecule has 0 unspecified atom stereocenters. The molecule has 20 heavy (non-hydrogen) atoms. The Kier molecular flexibility index (Phi) is 3.56. The maximum absolute atomic E-state index is 12.0. The van der Waals surface area contributed by atoms with E-state index < -0.39 is 11.9 Å². The molecule has 1 aromatic carbocycles. The molecule has 1 amide bonds. The SMILES string of the molecule is Cc1cc(C)c(NC(=O)c2cc(C(=O)O)on2)c(C)c1. The minimum atomic E-state index is -1.26. The molecule has 6 nitrogen and oxygen atoms in total. The van der Waals surface area contributed by atoms with E-state index in [9.17, 15) is 9.59 Å². The maximum Gasteiger partial charge on any atom is 0.374 e.